The summed E-state index contributed by atoms with van der Waals surface area (Å²) in [4.78, 5) is 13.7. The minimum absolute atomic E-state index is 0.135. The van der Waals surface area contributed by atoms with E-state index in [0.717, 1.165) is 24.3 Å². The molecule has 1 heterocycles. The maximum Gasteiger partial charge on any atom is 0.276 e. The second-order valence-corrected chi connectivity index (χ2v) is 4.96. The number of anilines is 2. The van der Waals surface area contributed by atoms with E-state index in [0.29, 0.717) is 0 Å². The van der Waals surface area contributed by atoms with E-state index in [1.807, 2.05) is 0 Å². The Bertz CT molecular complexity index is 676. The lowest BCUT2D eigenvalue weighted by molar-refractivity contribution is -0.384. The largest absolute Gasteiger partial charge is 0.335 e. The van der Waals surface area contributed by atoms with Crippen molar-refractivity contribution in [3.63, 3.8) is 0 Å². The first-order valence-electron chi connectivity index (χ1n) is 5.10. The van der Waals surface area contributed by atoms with E-state index in [2.05, 4.69) is 26.2 Å². The maximum absolute atomic E-state index is 13.6. The highest BCUT2D eigenvalue weighted by Gasteiger charge is 2.15. The van der Waals surface area contributed by atoms with Gasteiger partial charge in [0.25, 0.3) is 5.69 Å². The van der Waals surface area contributed by atoms with Crippen LogP contribution < -0.4 is 5.32 Å². The van der Waals surface area contributed by atoms with E-state index in [1.165, 1.54) is 0 Å². The molecule has 0 radical (unpaired) electrons. The first kappa shape index (κ1) is 14.6. The van der Waals surface area contributed by atoms with Gasteiger partial charge in [-0.2, -0.15) is 0 Å². The summed E-state index contributed by atoms with van der Waals surface area (Å²) < 4.78 is 27.5. The van der Waals surface area contributed by atoms with E-state index in [4.69, 9.17) is 11.6 Å². The van der Waals surface area contributed by atoms with E-state index in [-0.39, 0.29) is 21.1 Å². The summed E-state index contributed by atoms with van der Waals surface area (Å²) in [5.74, 6) is -1.88. The summed E-state index contributed by atoms with van der Waals surface area (Å²) in [6.45, 7) is 0. The zero-order valence-corrected chi connectivity index (χ0v) is 11.9. The number of nitrogens with one attached hydrogen (secondary N) is 1. The van der Waals surface area contributed by atoms with Crippen molar-refractivity contribution < 1.29 is 13.7 Å². The number of nitrogens with zero attached hydrogens (tertiary/aromatic N) is 2. The van der Waals surface area contributed by atoms with Gasteiger partial charge in [-0.1, -0.05) is 27.5 Å². The van der Waals surface area contributed by atoms with Gasteiger partial charge in [-0.25, -0.2) is 13.8 Å². The molecule has 9 heteroatoms. The van der Waals surface area contributed by atoms with Gasteiger partial charge in [-0.05, 0) is 12.1 Å². The molecule has 0 amide bonds. The van der Waals surface area contributed by atoms with Crippen molar-refractivity contribution in [3.8, 4) is 0 Å². The fourth-order valence-electron chi connectivity index (χ4n) is 1.44. The van der Waals surface area contributed by atoms with Gasteiger partial charge in [-0.15, -0.1) is 0 Å². The third-order valence-electron chi connectivity index (χ3n) is 2.25. The zero-order chi connectivity index (χ0) is 14.9. The highest BCUT2D eigenvalue weighted by molar-refractivity contribution is 9.10. The smallest absolute Gasteiger partial charge is 0.276 e. The van der Waals surface area contributed by atoms with E-state index in [9.17, 15) is 18.9 Å². The molecular weight excluding hydrogens is 359 g/mol. The summed E-state index contributed by atoms with van der Waals surface area (Å²) in [5, 5.41) is 12.8. The molecule has 1 aromatic heterocycles. The predicted octanol–water partition coefficient (Wildman–Crippen LogP) is 4.43. The Hall–Kier alpha value is -1.80. The van der Waals surface area contributed by atoms with Crippen molar-refractivity contribution in [2.75, 3.05) is 5.32 Å². The molecule has 20 heavy (non-hydrogen) atoms. The van der Waals surface area contributed by atoms with Crippen LogP contribution in [0.3, 0.4) is 0 Å². The summed E-state index contributed by atoms with van der Waals surface area (Å²) in [6.07, 6.45) is 0. The Kier molecular flexibility index (Phi) is 4.15. The van der Waals surface area contributed by atoms with Gasteiger partial charge in [0, 0.05) is 4.47 Å². The molecule has 5 nitrogen and oxygen atoms in total. The molecule has 2 rings (SSSR count). The summed E-state index contributed by atoms with van der Waals surface area (Å²) >= 11 is 8.56. The van der Waals surface area contributed by atoms with Crippen molar-refractivity contribution in [1.29, 1.82) is 0 Å². The Balaban J connectivity index is 2.42. The molecule has 0 aliphatic heterocycles. The molecule has 0 fully saturated rings. The van der Waals surface area contributed by atoms with Crippen LogP contribution in [0.5, 0.6) is 0 Å². The monoisotopic (exact) mass is 363 g/mol. The molecule has 2 aromatic rings. The molecule has 0 atom stereocenters. The van der Waals surface area contributed by atoms with E-state index < -0.39 is 22.2 Å². The van der Waals surface area contributed by atoms with Gasteiger partial charge in [0.15, 0.2) is 11.6 Å². The van der Waals surface area contributed by atoms with Gasteiger partial charge >= 0.3 is 0 Å². The molecule has 0 saturated carbocycles. The normalized spacial score (nSPS) is 10.4. The molecule has 0 bridgehead atoms. The van der Waals surface area contributed by atoms with Crippen LogP contribution >= 0.6 is 27.5 Å². The van der Waals surface area contributed by atoms with Crippen LogP contribution in [0.4, 0.5) is 26.0 Å². The van der Waals surface area contributed by atoms with Gasteiger partial charge in [0.1, 0.15) is 16.7 Å². The Morgan fingerprint density at radius 3 is 2.40 bits per heavy atom. The van der Waals surface area contributed by atoms with Crippen molar-refractivity contribution in [2.45, 2.75) is 0 Å². The molecule has 1 N–H and O–H groups in total. The fourth-order valence-corrected chi connectivity index (χ4v) is 2.05. The van der Waals surface area contributed by atoms with Crippen LogP contribution in [-0.2, 0) is 0 Å². The lowest BCUT2D eigenvalue weighted by atomic mass is 10.3. The highest BCUT2D eigenvalue weighted by Crippen LogP contribution is 2.28. The number of pyridine rings is 1. The molecule has 0 saturated heterocycles. The molecule has 1 aromatic carbocycles. The second kappa shape index (κ2) is 5.68. The Labute approximate surface area is 124 Å². The van der Waals surface area contributed by atoms with Crippen molar-refractivity contribution in [3.05, 3.63) is 55.6 Å². The maximum atomic E-state index is 13.6. The first-order valence-corrected chi connectivity index (χ1v) is 6.27. The molecule has 104 valence electrons. The molecular formula is C11H5BrClF2N3O2. The lowest BCUT2D eigenvalue weighted by Crippen LogP contribution is -2.01. The summed E-state index contributed by atoms with van der Waals surface area (Å²) in [7, 11) is 0. The summed E-state index contributed by atoms with van der Waals surface area (Å²) in [5.41, 5.74) is -0.817. The minimum atomic E-state index is -0.874. The Morgan fingerprint density at radius 1 is 1.25 bits per heavy atom. The standard InChI is InChI=1S/C11H5BrClF2N3O2/c12-5-1-7(14)11(8(15)2-5)17-10-4-6(18(19)20)3-9(13)16-10/h1-4H,(H,16,17). The Morgan fingerprint density at radius 2 is 1.85 bits per heavy atom. The average molecular weight is 365 g/mol. The molecule has 0 aliphatic carbocycles. The van der Waals surface area contributed by atoms with Gasteiger partial charge < -0.3 is 5.32 Å². The van der Waals surface area contributed by atoms with Crippen LogP contribution in [0.1, 0.15) is 0 Å². The van der Waals surface area contributed by atoms with Crippen LogP contribution in [0.2, 0.25) is 5.15 Å². The third-order valence-corrected chi connectivity index (χ3v) is 2.90. The topological polar surface area (TPSA) is 68.1 Å². The SMILES string of the molecule is O=[N+]([O-])c1cc(Cl)nc(Nc2c(F)cc(Br)cc2F)c1. The van der Waals surface area contributed by atoms with E-state index in [1.54, 1.807) is 0 Å². The number of halogens is 4. The lowest BCUT2D eigenvalue weighted by Gasteiger charge is -2.08. The third kappa shape index (κ3) is 3.20. The first-order chi connectivity index (χ1) is 9.36. The van der Waals surface area contributed by atoms with Crippen LogP contribution in [0.15, 0.2) is 28.7 Å². The fraction of sp³-hybridized carbons (Fsp3) is 0. The van der Waals surface area contributed by atoms with Gasteiger partial charge in [0.05, 0.1) is 17.1 Å². The van der Waals surface area contributed by atoms with Crippen molar-refractivity contribution >= 4 is 44.7 Å². The van der Waals surface area contributed by atoms with Crippen LogP contribution in [-0.4, -0.2) is 9.91 Å². The molecule has 0 spiro atoms. The second-order valence-electron chi connectivity index (χ2n) is 3.66. The number of aromatic nitrogens is 1. The van der Waals surface area contributed by atoms with Crippen molar-refractivity contribution in [2.24, 2.45) is 0 Å². The number of hydrogen-bond acceptors (Lipinski definition) is 4. The van der Waals surface area contributed by atoms with Gasteiger partial charge in [-0.3, -0.25) is 10.1 Å². The van der Waals surface area contributed by atoms with Gasteiger partial charge in [0.2, 0.25) is 0 Å². The van der Waals surface area contributed by atoms with Crippen molar-refractivity contribution in [1.82, 2.24) is 4.98 Å². The highest BCUT2D eigenvalue weighted by atomic mass is 79.9. The molecule has 0 aliphatic rings. The predicted molar refractivity (Wildman–Crippen MR) is 73.2 cm³/mol. The number of hydrogen-bond donors (Lipinski definition) is 1. The summed E-state index contributed by atoms with van der Waals surface area (Å²) in [6, 6.07) is 4.14. The zero-order valence-electron chi connectivity index (χ0n) is 9.53. The number of nitro groups is 1. The number of rotatable bonds is 3. The van der Waals surface area contributed by atoms with Crippen LogP contribution in [0, 0.1) is 21.7 Å². The average Bonchev–Trinajstić information content (AvgIpc) is 2.33. The number of benzene rings is 1. The quantitative estimate of drug-likeness (QED) is 0.497. The minimum Gasteiger partial charge on any atom is -0.335 e. The van der Waals surface area contributed by atoms with Crippen LogP contribution in [0.25, 0.3) is 0 Å². The molecule has 0 unspecified atom stereocenters. The van der Waals surface area contributed by atoms with E-state index >= 15 is 0 Å².